The van der Waals surface area contributed by atoms with Gasteiger partial charge in [-0.1, -0.05) is 153 Å². The van der Waals surface area contributed by atoms with E-state index in [-0.39, 0.29) is 23.5 Å². The number of benzene rings is 5. The summed E-state index contributed by atoms with van der Waals surface area (Å²) < 4.78 is 0. The maximum Gasteiger partial charge on any atom is 0.130 e. The van der Waals surface area contributed by atoms with E-state index in [0.29, 0.717) is 12.2 Å². The molecule has 0 aromatic heterocycles. The van der Waals surface area contributed by atoms with Crippen LogP contribution in [0, 0.1) is 18.8 Å². The van der Waals surface area contributed by atoms with Gasteiger partial charge < -0.3 is 10.2 Å². The van der Waals surface area contributed by atoms with Crippen LogP contribution < -0.4 is 0 Å². The molecule has 0 saturated heterocycles. The first-order chi connectivity index (χ1) is 26.9. The van der Waals surface area contributed by atoms with Crippen LogP contribution in [0.2, 0.25) is 0 Å². The minimum absolute atomic E-state index is 0.0379. The molecule has 4 aliphatic carbocycles. The van der Waals surface area contributed by atoms with Crippen LogP contribution in [0.1, 0.15) is 61.3 Å². The average Bonchev–Trinajstić information content (AvgIpc) is 3.70. The third kappa shape index (κ3) is 5.71. The zero-order valence-electron chi connectivity index (χ0n) is 31.8. The van der Waals surface area contributed by atoms with Crippen LogP contribution in [0.3, 0.4) is 0 Å². The van der Waals surface area contributed by atoms with Gasteiger partial charge in [0.05, 0.1) is 5.76 Å². The van der Waals surface area contributed by atoms with Crippen molar-refractivity contribution in [3.63, 3.8) is 0 Å². The van der Waals surface area contributed by atoms with Crippen LogP contribution in [0.15, 0.2) is 192 Å². The molecule has 2 nitrogen and oxygen atoms in total. The number of aliphatic hydroxyl groups excluding tert-OH is 2. The van der Waals surface area contributed by atoms with E-state index in [9.17, 15) is 10.2 Å². The van der Waals surface area contributed by atoms with Gasteiger partial charge in [0.1, 0.15) is 5.76 Å². The van der Waals surface area contributed by atoms with Gasteiger partial charge >= 0.3 is 0 Å². The molecule has 0 fully saturated rings. The van der Waals surface area contributed by atoms with Crippen molar-refractivity contribution in [1.29, 1.82) is 0 Å². The summed E-state index contributed by atoms with van der Waals surface area (Å²) in [5, 5.41) is 31.2. The first-order valence-corrected chi connectivity index (χ1v) is 19.6. The zero-order chi connectivity index (χ0) is 37.8. The van der Waals surface area contributed by atoms with Crippen molar-refractivity contribution >= 4 is 43.5 Å². The van der Waals surface area contributed by atoms with Crippen LogP contribution in [-0.4, -0.2) is 10.2 Å². The fourth-order valence-corrected chi connectivity index (χ4v) is 9.72. The van der Waals surface area contributed by atoms with Crippen LogP contribution >= 0.6 is 0 Å². The molecule has 55 heavy (non-hydrogen) atoms. The molecule has 3 unspecified atom stereocenters. The minimum Gasteiger partial charge on any atom is -0.512 e. The summed E-state index contributed by atoms with van der Waals surface area (Å²) in [5.74, 6) is 1.01. The van der Waals surface area contributed by atoms with Gasteiger partial charge in [0.2, 0.25) is 0 Å². The molecule has 3 atom stereocenters. The van der Waals surface area contributed by atoms with Gasteiger partial charge in [-0.2, -0.15) is 0 Å². The minimum atomic E-state index is -0.0379. The van der Waals surface area contributed by atoms with E-state index in [4.69, 9.17) is 0 Å². The number of hydrogen-bond donors (Lipinski definition) is 2. The Kier molecular flexibility index (Phi) is 8.78. The Morgan fingerprint density at radius 3 is 2.16 bits per heavy atom. The Bertz CT molecular complexity index is 2710. The van der Waals surface area contributed by atoms with Crippen molar-refractivity contribution in [2.75, 3.05) is 0 Å². The lowest BCUT2D eigenvalue weighted by atomic mass is 9.70. The SMILES string of the molecule is C=C/C(=C(O)\C(=C/CC)C1=CC2=C(C=CC2)C2C=CC=CC12)c1cccc(C2CC(O)=CC(c3ccc4c5ccccc5c5ccccc5c4c3)=C2C)c1C. The standard InChI is InChI=1S/C53H46O2/c1-5-15-48(52-28-34-16-13-25-40(34)41-17-7-11-21-45(41)52)53(55)37(6-2)38-23-14-24-39(32(38)3)50-31-36(54)30-49(33(50)4)35-26-27-47-44-20-9-8-18-42(44)43-19-10-12-22-46(43)51(47)29-35/h6-15,17-30,41,45,50,54-55H,2,5,16,31H2,1,3-4H3/b48-15-,53-37-. The highest BCUT2D eigenvalue weighted by atomic mass is 16.3. The first-order valence-electron chi connectivity index (χ1n) is 19.6. The molecule has 5 aromatic rings. The van der Waals surface area contributed by atoms with Crippen molar-refractivity contribution in [3.8, 4) is 0 Å². The molecule has 2 N–H and O–H groups in total. The summed E-state index contributed by atoms with van der Waals surface area (Å²) in [6.07, 6.45) is 23.9. The molecule has 9 rings (SSSR count). The maximum atomic E-state index is 12.3. The number of rotatable bonds is 7. The lowest BCUT2D eigenvalue weighted by Gasteiger charge is -2.33. The number of allylic oxidation sites excluding steroid dienone is 17. The lowest BCUT2D eigenvalue weighted by Crippen LogP contribution is -2.22. The van der Waals surface area contributed by atoms with E-state index in [0.717, 1.165) is 57.4 Å². The van der Waals surface area contributed by atoms with Crippen LogP contribution in [0.4, 0.5) is 0 Å². The second-order valence-electron chi connectivity index (χ2n) is 15.4. The molecule has 2 heteroatoms. The molecule has 0 bridgehead atoms. The van der Waals surface area contributed by atoms with E-state index in [1.165, 1.54) is 49.0 Å². The van der Waals surface area contributed by atoms with E-state index in [1.807, 2.05) is 6.08 Å². The Morgan fingerprint density at radius 2 is 1.47 bits per heavy atom. The second-order valence-corrected chi connectivity index (χ2v) is 15.4. The highest BCUT2D eigenvalue weighted by molar-refractivity contribution is 6.25. The summed E-state index contributed by atoms with van der Waals surface area (Å²) >= 11 is 0. The molecular formula is C53H46O2. The zero-order valence-corrected chi connectivity index (χ0v) is 31.8. The Labute approximate surface area is 324 Å². The third-order valence-corrected chi connectivity index (χ3v) is 12.4. The normalized spacial score (nSPS) is 21.2. The van der Waals surface area contributed by atoms with Gasteiger partial charge in [0.25, 0.3) is 0 Å². The van der Waals surface area contributed by atoms with Crippen molar-refractivity contribution in [1.82, 2.24) is 0 Å². The Hall–Kier alpha value is -6.12. The first kappa shape index (κ1) is 34.6. The summed E-state index contributed by atoms with van der Waals surface area (Å²) in [6.45, 7) is 10.7. The van der Waals surface area contributed by atoms with E-state index < -0.39 is 0 Å². The maximum absolute atomic E-state index is 12.3. The smallest absolute Gasteiger partial charge is 0.130 e. The molecule has 5 aromatic carbocycles. The van der Waals surface area contributed by atoms with Gasteiger partial charge in [0, 0.05) is 35.3 Å². The second kappa shape index (κ2) is 13.9. The van der Waals surface area contributed by atoms with Crippen molar-refractivity contribution < 1.29 is 10.2 Å². The van der Waals surface area contributed by atoms with Crippen LogP contribution in [0.5, 0.6) is 0 Å². The summed E-state index contributed by atoms with van der Waals surface area (Å²) in [5.41, 5.74) is 12.0. The monoisotopic (exact) mass is 714 g/mol. The number of hydrogen-bond acceptors (Lipinski definition) is 2. The fraction of sp³-hybridized carbons (Fsp3) is 0.170. The van der Waals surface area contributed by atoms with Gasteiger partial charge in [-0.15, -0.1) is 0 Å². The summed E-state index contributed by atoms with van der Waals surface area (Å²) in [7, 11) is 0. The Morgan fingerprint density at radius 1 is 0.800 bits per heavy atom. The van der Waals surface area contributed by atoms with Gasteiger partial charge in [-0.3, -0.25) is 0 Å². The van der Waals surface area contributed by atoms with Crippen LogP contribution in [0.25, 0.3) is 43.5 Å². The predicted octanol–water partition coefficient (Wildman–Crippen LogP) is 14.2. The highest BCUT2D eigenvalue weighted by Crippen LogP contribution is 2.48. The number of aliphatic hydroxyl groups is 2. The predicted molar refractivity (Wildman–Crippen MR) is 233 cm³/mol. The van der Waals surface area contributed by atoms with E-state index in [1.54, 1.807) is 6.08 Å². The van der Waals surface area contributed by atoms with Crippen molar-refractivity contribution in [2.24, 2.45) is 11.8 Å². The molecule has 4 aliphatic rings. The molecule has 0 saturated carbocycles. The topological polar surface area (TPSA) is 40.5 Å². The fourth-order valence-electron chi connectivity index (χ4n) is 9.72. The molecule has 0 spiro atoms. The number of fused-ring (bicyclic) bond motifs is 8. The van der Waals surface area contributed by atoms with Crippen molar-refractivity contribution in [2.45, 2.75) is 46.0 Å². The third-order valence-electron chi connectivity index (χ3n) is 12.4. The average molecular weight is 715 g/mol. The van der Waals surface area contributed by atoms with Gasteiger partial charge in [0.15, 0.2) is 0 Å². The molecule has 0 amide bonds. The molecule has 0 heterocycles. The van der Waals surface area contributed by atoms with E-state index in [2.05, 4.69) is 161 Å². The molecule has 0 radical (unpaired) electrons. The summed E-state index contributed by atoms with van der Waals surface area (Å²) in [6, 6.07) is 30.4. The Balaban J connectivity index is 1.14. The van der Waals surface area contributed by atoms with Gasteiger partial charge in [-0.25, -0.2) is 0 Å². The lowest BCUT2D eigenvalue weighted by molar-refractivity contribution is 0.377. The van der Waals surface area contributed by atoms with Gasteiger partial charge in [-0.05, 0) is 116 Å². The van der Waals surface area contributed by atoms with E-state index >= 15 is 0 Å². The summed E-state index contributed by atoms with van der Waals surface area (Å²) in [4.78, 5) is 0. The largest absolute Gasteiger partial charge is 0.512 e. The molecule has 0 aliphatic heterocycles. The molecule has 270 valence electrons. The highest BCUT2D eigenvalue weighted by Gasteiger charge is 2.34. The quantitative estimate of drug-likeness (QED) is 0.100. The molecular weight excluding hydrogens is 669 g/mol. The van der Waals surface area contributed by atoms with Crippen LogP contribution in [-0.2, 0) is 0 Å². The van der Waals surface area contributed by atoms with Crippen molar-refractivity contribution in [3.05, 3.63) is 214 Å².